The molecule has 3 heteroatoms. The number of halogens is 1. The lowest BCUT2D eigenvalue weighted by Crippen LogP contribution is -2.17. The Morgan fingerprint density at radius 2 is 1.68 bits per heavy atom. The first-order chi connectivity index (χ1) is 9.19. The molecule has 0 radical (unpaired) electrons. The average Bonchev–Trinajstić information content (AvgIpc) is 2.46. The Kier molecular flexibility index (Phi) is 5.00. The van der Waals surface area contributed by atoms with E-state index in [2.05, 4.69) is 42.8 Å². The normalized spacial score (nSPS) is 12.4. The molecule has 2 rings (SSSR count). The van der Waals surface area contributed by atoms with Crippen LogP contribution in [0.2, 0.25) is 0 Å². The van der Waals surface area contributed by atoms with Crippen molar-refractivity contribution in [1.29, 1.82) is 0 Å². The predicted molar refractivity (Wildman–Crippen MR) is 79.9 cm³/mol. The summed E-state index contributed by atoms with van der Waals surface area (Å²) in [5.74, 6) is -0.191. The molecule has 0 aliphatic carbocycles. The minimum absolute atomic E-state index is 0.191. The van der Waals surface area contributed by atoms with Crippen molar-refractivity contribution in [3.8, 4) is 0 Å². The third-order valence-electron chi connectivity index (χ3n) is 3.14. The smallest absolute Gasteiger partial charge is 0.123 e. The molecule has 0 saturated carbocycles. The van der Waals surface area contributed by atoms with Crippen LogP contribution in [0.1, 0.15) is 24.1 Å². The van der Waals surface area contributed by atoms with Gasteiger partial charge in [0, 0.05) is 17.5 Å². The van der Waals surface area contributed by atoms with Crippen molar-refractivity contribution in [2.24, 2.45) is 0 Å². The van der Waals surface area contributed by atoms with E-state index in [1.165, 1.54) is 22.6 Å². The summed E-state index contributed by atoms with van der Waals surface area (Å²) >= 11 is 1.74. The second-order valence-electron chi connectivity index (χ2n) is 4.50. The van der Waals surface area contributed by atoms with Gasteiger partial charge in [-0.15, -0.1) is 11.8 Å². The first-order valence-electron chi connectivity index (χ1n) is 6.31. The van der Waals surface area contributed by atoms with Crippen molar-refractivity contribution in [2.75, 3.05) is 6.26 Å². The van der Waals surface area contributed by atoms with Crippen LogP contribution in [-0.2, 0) is 6.54 Å². The number of benzene rings is 2. The van der Waals surface area contributed by atoms with Crippen LogP contribution in [0.4, 0.5) is 4.39 Å². The average molecular weight is 275 g/mol. The van der Waals surface area contributed by atoms with Crippen LogP contribution in [0, 0.1) is 5.82 Å². The van der Waals surface area contributed by atoms with Crippen molar-refractivity contribution >= 4 is 11.8 Å². The fourth-order valence-electron chi connectivity index (χ4n) is 1.88. The number of hydrogen-bond acceptors (Lipinski definition) is 2. The van der Waals surface area contributed by atoms with Gasteiger partial charge in [0.25, 0.3) is 0 Å². The summed E-state index contributed by atoms with van der Waals surface area (Å²) in [6.07, 6.45) is 2.07. The van der Waals surface area contributed by atoms with Gasteiger partial charge in [-0.05, 0) is 48.6 Å². The molecule has 0 aliphatic rings. The summed E-state index contributed by atoms with van der Waals surface area (Å²) in [5, 5.41) is 3.44. The predicted octanol–water partition coefficient (Wildman–Crippen LogP) is 4.40. The molecule has 1 atom stereocenters. The maximum atomic E-state index is 12.8. The molecule has 0 fully saturated rings. The molecule has 2 aromatic rings. The number of rotatable bonds is 5. The van der Waals surface area contributed by atoms with Crippen LogP contribution in [0.25, 0.3) is 0 Å². The summed E-state index contributed by atoms with van der Waals surface area (Å²) in [5.41, 5.74) is 2.36. The molecule has 0 amide bonds. The van der Waals surface area contributed by atoms with Crippen molar-refractivity contribution in [1.82, 2.24) is 5.32 Å². The van der Waals surface area contributed by atoms with Crippen molar-refractivity contribution in [2.45, 2.75) is 24.4 Å². The van der Waals surface area contributed by atoms with Crippen LogP contribution in [-0.4, -0.2) is 6.26 Å². The Bertz CT molecular complexity index is 507. The Morgan fingerprint density at radius 3 is 2.26 bits per heavy atom. The molecule has 2 aromatic carbocycles. The van der Waals surface area contributed by atoms with Gasteiger partial charge in [0.05, 0.1) is 0 Å². The molecule has 100 valence electrons. The SMILES string of the molecule is CSc1ccc(CN[C@@H](C)c2ccc(F)cc2)cc1. The molecular weight excluding hydrogens is 257 g/mol. The third-order valence-corrected chi connectivity index (χ3v) is 3.89. The monoisotopic (exact) mass is 275 g/mol. The highest BCUT2D eigenvalue weighted by Gasteiger charge is 2.04. The number of nitrogens with one attached hydrogen (secondary N) is 1. The largest absolute Gasteiger partial charge is 0.306 e. The summed E-state index contributed by atoms with van der Waals surface area (Å²) in [7, 11) is 0. The Labute approximate surface area is 118 Å². The van der Waals surface area contributed by atoms with Crippen LogP contribution in [0.5, 0.6) is 0 Å². The van der Waals surface area contributed by atoms with Crippen molar-refractivity contribution in [3.05, 3.63) is 65.5 Å². The molecule has 0 unspecified atom stereocenters. The van der Waals surface area contributed by atoms with Crippen molar-refractivity contribution < 1.29 is 4.39 Å². The van der Waals surface area contributed by atoms with Crippen LogP contribution in [0.15, 0.2) is 53.4 Å². The van der Waals surface area contributed by atoms with E-state index in [0.29, 0.717) is 0 Å². The van der Waals surface area contributed by atoms with E-state index in [-0.39, 0.29) is 11.9 Å². The van der Waals surface area contributed by atoms with E-state index < -0.39 is 0 Å². The lowest BCUT2D eigenvalue weighted by Gasteiger charge is -2.14. The standard InChI is InChI=1S/C16H18FNS/c1-12(14-5-7-15(17)8-6-14)18-11-13-3-9-16(19-2)10-4-13/h3-10,12,18H,11H2,1-2H3/t12-/m0/s1. The van der Waals surface area contributed by atoms with Gasteiger partial charge in [0.1, 0.15) is 5.82 Å². The molecule has 0 aromatic heterocycles. The molecule has 1 N–H and O–H groups in total. The highest BCUT2D eigenvalue weighted by atomic mass is 32.2. The topological polar surface area (TPSA) is 12.0 Å². The summed E-state index contributed by atoms with van der Waals surface area (Å²) in [4.78, 5) is 1.27. The Hall–Kier alpha value is -1.32. The van der Waals surface area contributed by atoms with E-state index in [1.54, 1.807) is 11.8 Å². The van der Waals surface area contributed by atoms with Crippen LogP contribution >= 0.6 is 11.8 Å². The zero-order valence-electron chi connectivity index (χ0n) is 11.2. The zero-order chi connectivity index (χ0) is 13.7. The molecule has 1 nitrogen and oxygen atoms in total. The second kappa shape index (κ2) is 6.73. The summed E-state index contributed by atoms with van der Waals surface area (Å²) in [6, 6.07) is 15.4. The lowest BCUT2D eigenvalue weighted by molar-refractivity contribution is 0.571. The van der Waals surface area contributed by atoms with Crippen LogP contribution in [0.3, 0.4) is 0 Å². The van der Waals surface area contributed by atoms with Gasteiger partial charge in [0.15, 0.2) is 0 Å². The first kappa shape index (κ1) is 14.1. The van der Waals surface area contributed by atoms with E-state index in [1.807, 2.05) is 12.1 Å². The highest BCUT2D eigenvalue weighted by molar-refractivity contribution is 7.98. The molecule has 0 spiro atoms. The molecule has 0 saturated heterocycles. The molecule has 0 aliphatic heterocycles. The van der Waals surface area contributed by atoms with E-state index in [4.69, 9.17) is 0 Å². The van der Waals surface area contributed by atoms with Gasteiger partial charge in [-0.1, -0.05) is 24.3 Å². The van der Waals surface area contributed by atoms with Gasteiger partial charge in [-0.3, -0.25) is 0 Å². The number of hydrogen-bond donors (Lipinski definition) is 1. The Balaban J connectivity index is 1.92. The van der Waals surface area contributed by atoms with E-state index in [9.17, 15) is 4.39 Å². The fraction of sp³-hybridized carbons (Fsp3) is 0.250. The van der Waals surface area contributed by atoms with Gasteiger partial charge < -0.3 is 5.32 Å². The van der Waals surface area contributed by atoms with Crippen molar-refractivity contribution in [3.63, 3.8) is 0 Å². The van der Waals surface area contributed by atoms with Gasteiger partial charge in [-0.2, -0.15) is 0 Å². The van der Waals surface area contributed by atoms with Gasteiger partial charge >= 0.3 is 0 Å². The Morgan fingerprint density at radius 1 is 1.05 bits per heavy atom. The minimum atomic E-state index is -0.191. The highest BCUT2D eigenvalue weighted by Crippen LogP contribution is 2.16. The maximum absolute atomic E-state index is 12.8. The third kappa shape index (κ3) is 4.08. The minimum Gasteiger partial charge on any atom is -0.306 e. The van der Waals surface area contributed by atoms with E-state index in [0.717, 1.165) is 12.1 Å². The number of thioether (sulfide) groups is 1. The zero-order valence-corrected chi connectivity index (χ0v) is 12.0. The molecule has 0 heterocycles. The summed E-state index contributed by atoms with van der Waals surface area (Å²) < 4.78 is 12.8. The fourth-order valence-corrected chi connectivity index (χ4v) is 2.29. The van der Waals surface area contributed by atoms with Crippen LogP contribution < -0.4 is 5.32 Å². The maximum Gasteiger partial charge on any atom is 0.123 e. The van der Waals surface area contributed by atoms with Gasteiger partial charge in [-0.25, -0.2) is 4.39 Å². The second-order valence-corrected chi connectivity index (χ2v) is 5.38. The first-order valence-corrected chi connectivity index (χ1v) is 7.53. The quantitative estimate of drug-likeness (QED) is 0.812. The van der Waals surface area contributed by atoms with E-state index >= 15 is 0 Å². The lowest BCUT2D eigenvalue weighted by atomic mass is 10.1. The molecule has 19 heavy (non-hydrogen) atoms. The molecule has 0 bridgehead atoms. The molecular formula is C16H18FNS. The summed E-state index contributed by atoms with van der Waals surface area (Å²) in [6.45, 7) is 2.90. The van der Waals surface area contributed by atoms with Gasteiger partial charge in [0.2, 0.25) is 0 Å².